The molecule has 0 aromatic heterocycles. The van der Waals surface area contributed by atoms with Crippen molar-refractivity contribution in [3.63, 3.8) is 0 Å². The van der Waals surface area contributed by atoms with Crippen molar-refractivity contribution >= 4 is 35.5 Å². The number of alkyl halides is 3. The van der Waals surface area contributed by atoms with Crippen LogP contribution < -0.4 is 10.3 Å². The fourth-order valence-electron chi connectivity index (χ4n) is 1.71. The van der Waals surface area contributed by atoms with Crippen molar-refractivity contribution in [2.45, 2.75) is 12.6 Å². The number of halogens is 5. The molecule has 0 atom stereocenters. The third kappa shape index (κ3) is 3.45. The van der Waals surface area contributed by atoms with Crippen LogP contribution in [0.1, 0.15) is 12.0 Å². The van der Waals surface area contributed by atoms with Gasteiger partial charge in [-0.1, -0.05) is 11.6 Å². The van der Waals surface area contributed by atoms with Gasteiger partial charge in [0.15, 0.2) is 0 Å². The molecule has 1 aromatic carbocycles. The first-order valence-electron chi connectivity index (χ1n) is 5.31. The van der Waals surface area contributed by atoms with Gasteiger partial charge in [0.2, 0.25) is 0 Å². The summed E-state index contributed by atoms with van der Waals surface area (Å²) in [5, 5.41) is 8.26. The standard InChI is InChI=1S/C11H11ClF3N3.ClH/c1-16-10-4-5-18(17-10)7-2-3-9(12)8(6-7)11(13,14)15;/h2-3,6H,4-5H2,1H3,(H,16,17);1H. The van der Waals surface area contributed by atoms with Gasteiger partial charge in [-0.3, -0.25) is 5.01 Å². The zero-order valence-corrected chi connectivity index (χ0v) is 11.5. The molecule has 3 nitrogen and oxygen atoms in total. The Morgan fingerprint density at radius 2 is 2.05 bits per heavy atom. The lowest BCUT2D eigenvalue weighted by atomic mass is 10.2. The average molecular weight is 314 g/mol. The fraction of sp³-hybridized carbons (Fsp3) is 0.364. The third-order valence-electron chi connectivity index (χ3n) is 2.64. The molecule has 0 fully saturated rings. The zero-order valence-electron chi connectivity index (χ0n) is 9.96. The van der Waals surface area contributed by atoms with Gasteiger partial charge in [-0.05, 0) is 18.2 Å². The SMILES string of the molecule is CNC1=NN(c2ccc(Cl)c(C(F)(F)F)c2)CC1.Cl. The van der Waals surface area contributed by atoms with Gasteiger partial charge in [0, 0.05) is 20.0 Å². The van der Waals surface area contributed by atoms with Crippen molar-refractivity contribution in [3.8, 4) is 0 Å². The number of amidine groups is 1. The maximum Gasteiger partial charge on any atom is 0.417 e. The highest BCUT2D eigenvalue weighted by atomic mass is 35.5. The molecule has 0 unspecified atom stereocenters. The Morgan fingerprint density at radius 3 is 2.58 bits per heavy atom. The summed E-state index contributed by atoms with van der Waals surface area (Å²) in [6, 6.07) is 3.79. The predicted molar refractivity (Wildman–Crippen MR) is 72.2 cm³/mol. The molecule has 1 heterocycles. The first kappa shape index (κ1) is 15.9. The lowest BCUT2D eigenvalue weighted by Gasteiger charge is -2.16. The highest BCUT2D eigenvalue weighted by Gasteiger charge is 2.34. The number of rotatable bonds is 1. The number of nitrogens with zero attached hydrogens (tertiary/aromatic N) is 2. The number of anilines is 1. The maximum absolute atomic E-state index is 12.7. The molecular formula is C11H12Cl2F3N3. The van der Waals surface area contributed by atoms with E-state index in [-0.39, 0.29) is 17.4 Å². The second kappa shape index (κ2) is 5.88. The lowest BCUT2D eigenvalue weighted by Crippen LogP contribution is -2.15. The first-order valence-corrected chi connectivity index (χ1v) is 5.69. The molecule has 0 spiro atoms. The van der Waals surface area contributed by atoms with E-state index in [0.717, 1.165) is 11.9 Å². The number of nitrogens with one attached hydrogen (secondary N) is 1. The Labute approximate surface area is 119 Å². The number of hydrogen-bond donors (Lipinski definition) is 1. The van der Waals surface area contributed by atoms with E-state index in [4.69, 9.17) is 11.6 Å². The lowest BCUT2D eigenvalue weighted by molar-refractivity contribution is -0.137. The highest BCUT2D eigenvalue weighted by Crippen LogP contribution is 2.37. The van der Waals surface area contributed by atoms with E-state index in [1.165, 1.54) is 17.1 Å². The van der Waals surface area contributed by atoms with Gasteiger partial charge in [0.1, 0.15) is 5.84 Å². The van der Waals surface area contributed by atoms with E-state index in [1.807, 2.05) is 0 Å². The molecule has 0 saturated heterocycles. The molecule has 106 valence electrons. The minimum Gasteiger partial charge on any atom is -0.375 e. The van der Waals surface area contributed by atoms with Gasteiger partial charge in [0.25, 0.3) is 0 Å². The van der Waals surface area contributed by atoms with E-state index in [0.29, 0.717) is 18.7 Å². The normalized spacial score (nSPS) is 15.0. The molecule has 1 aliphatic rings. The van der Waals surface area contributed by atoms with Gasteiger partial charge >= 0.3 is 6.18 Å². The van der Waals surface area contributed by atoms with Gasteiger partial charge in [-0.25, -0.2) is 0 Å². The van der Waals surface area contributed by atoms with Crippen LogP contribution in [0.5, 0.6) is 0 Å². The van der Waals surface area contributed by atoms with Crippen molar-refractivity contribution < 1.29 is 13.2 Å². The number of benzene rings is 1. The molecule has 19 heavy (non-hydrogen) atoms. The van der Waals surface area contributed by atoms with Gasteiger partial charge in [0.05, 0.1) is 16.3 Å². The highest BCUT2D eigenvalue weighted by molar-refractivity contribution is 6.31. The summed E-state index contributed by atoms with van der Waals surface area (Å²) >= 11 is 5.56. The van der Waals surface area contributed by atoms with E-state index in [1.54, 1.807) is 7.05 Å². The third-order valence-corrected chi connectivity index (χ3v) is 2.97. The summed E-state index contributed by atoms with van der Waals surface area (Å²) in [5.41, 5.74) is -0.452. The van der Waals surface area contributed by atoms with Crippen molar-refractivity contribution in [1.82, 2.24) is 5.32 Å². The monoisotopic (exact) mass is 313 g/mol. The molecule has 8 heteroatoms. The molecule has 0 radical (unpaired) electrons. The van der Waals surface area contributed by atoms with Gasteiger partial charge in [-0.2, -0.15) is 18.3 Å². The molecule has 0 saturated carbocycles. The summed E-state index contributed by atoms with van der Waals surface area (Å²) in [7, 11) is 1.73. The van der Waals surface area contributed by atoms with Crippen LogP contribution in [0.25, 0.3) is 0 Å². The zero-order chi connectivity index (χ0) is 13.3. The van der Waals surface area contributed by atoms with Crippen LogP contribution in [0.4, 0.5) is 18.9 Å². The molecule has 0 aliphatic carbocycles. The van der Waals surface area contributed by atoms with Crippen molar-refractivity contribution in [2.75, 3.05) is 18.6 Å². The molecular weight excluding hydrogens is 302 g/mol. The average Bonchev–Trinajstić information content (AvgIpc) is 2.76. The Bertz CT molecular complexity index is 489. The topological polar surface area (TPSA) is 27.6 Å². The number of hydrogen-bond acceptors (Lipinski definition) is 3. The Morgan fingerprint density at radius 1 is 1.37 bits per heavy atom. The quantitative estimate of drug-likeness (QED) is 0.859. The minimum atomic E-state index is -4.46. The maximum atomic E-state index is 12.7. The van der Waals surface area contributed by atoms with Crippen LogP contribution in [0.2, 0.25) is 5.02 Å². The second-order valence-corrected chi connectivity index (χ2v) is 4.24. The Hall–Kier alpha value is -1.14. The summed E-state index contributed by atoms with van der Waals surface area (Å²) in [6.45, 7) is 0.551. The van der Waals surface area contributed by atoms with Crippen LogP contribution >= 0.6 is 24.0 Å². The summed E-state index contributed by atoms with van der Waals surface area (Å²) in [5.74, 6) is 0.749. The smallest absolute Gasteiger partial charge is 0.375 e. The van der Waals surface area contributed by atoms with Crippen LogP contribution in [0, 0.1) is 0 Å². The minimum absolute atomic E-state index is 0. The van der Waals surface area contributed by atoms with Gasteiger partial charge in [-0.15, -0.1) is 12.4 Å². The fourth-order valence-corrected chi connectivity index (χ4v) is 1.94. The predicted octanol–water partition coefficient (Wildman–Crippen LogP) is 3.52. The Kier molecular flexibility index (Phi) is 4.92. The van der Waals surface area contributed by atoms with Gasteiger partial charge < -0.3 is 5.32 Å². The largest absolute Gasteiger partial charge is 0.417 e. The van der Waals surface area contributed by atoms with Crippen molar-refractivity contribution in [1.29, 1.82) is 0 Å². The number of hydrazone groups is 1. The molecule has 0 amide bonds. The summed E-state index contributed by atoms with van der Waals surface area (Å²) < 4.78 is 38.1. The van der Waals surface area contributed by atoms with Crippen molar-refractivity contribution in [3.05, 3.63) is 28.8 Å². The molecule has 0 bridgehead atoms. The van der Waals surface area contributed by atoms with Crippen LogP contribution in [0.3, 0.4) is 0 Å². The molecule has 1 N–H and O–H groups in total. The first-order chi connectivity index (χ1) is 8.41. The molecule has 2 rings (SSSR count). The van der Waals surface area contributed by atoms with Crippen LogP contribution in [-0.2, 0) is 6.18 Å². The van der Waals surface area contributed by atoms with E-state index in [9.17, 15) is 13.2 Å². The van der Waals surface area contributed by atoms with E-state index in [2.05, 4.69) is 10.4 Å². The van der Waals surface area contributed by atoms with Crippen LogP contribution in [-0.4, -0.2) is 19.4 Å². The summed E-state index contributed by atoms with van der Waals surface area (Å²) in [4.78, 5) is 0. The summed E-state index contributed by atoms with van der Waals surface area (Å²) in [6.07, 6.45) is -3.77. The Balaban J connectivity index is 0.00000180. The van der Waals surface area contributed by atoms with E-state index < -0.39 is 11.7 Å². The van der Waals surface area contributed by atoms with Crippen molar-refractivity contribution in [2.24, 2.45) is 5.10 Å². The van der Waals surface area contributed by atoms with E-state index >= 15 is 0 Å². The second-order valence-electron chi connectivity index (χ2n) is 3.83. The molecule has 1 aliphatic heterocycles. The van der Waals surface area contributed by atoms with Crippen LogP contribution in [0.15, 0.2) is 23.3 Å². The molecule has 1 aromatic rings.